The van der Waals surface area contributed by atoms with Gasteiger partial charge < -0.3 is 16.3 Å². The van der Waals surface area contributed by atoms with Gasteiger partial charge in [-0.15, -0.1) is 0 Å². The number of carbonyl (C=O) groups is 1. The summed E-state index contributed by atoms with van der Waals surface area (Å²) in [5, 5.41) is 0. The molecule has 0 fully saturated rings. The molecule has 0 heterocycles. The average molecular weight is 208 g/mol. The molecule has 0 aliphatic carbocycles. The minimum Gasteiger partial charge on any atom is -0.664 e. The molecule has 0 aliphatic rings. The molecule has 0 spiro atoms. The van der Waals surface area contributed by atoms with Gasteiger partial charge in [-0.25, -0.2) is 4.39 Å². The third-order valence-corrected chi connectivity index (χ3v) is 1.31. The second-order valence-electron chi connectivity index (χ2n) is 2.03. The van der Waals surface area contributed by atoms with Gasteiger partial charge in [0.05, 0.1) is 5.91 Å². The Morgan fingerprint density at radius 1 is 1.62 bits per heavy atom. The van der Waals surface area contributed by atoms with Crippen molar-refractivity contribution in [3.8, 4) is 0 Å². The molecule has 0 unspecified atom stereocenters. The molecule has 0 atom stereocenters. The molecule has 0 rings (SSSR count). The number of hydrogen-bond donors (Lipinski definition) is 1. The van der Waals surface area contributed by atoms with Crippen LogP contribution >= 0.6 is 0 Å². The molecule has 1 amide bonds. The first-order chi connectivity index (χ1) is 5.54. The summed E-state index contributed by atoms with van der Waals surface area (Å²) in [7, 11) is 0. The van der Waals surface area contributed by atoms with Crippen LogP contribution in [0.3, 0.4) is 0 Å². The van der Waals surface area contributed by atoms with Crippen LogP contribution < -0.4 is 57.1 Å². The van der Waals surface area contributed by atoms with Crippen LogP contribution in [0.1, 0.15) is 0 Å². The summed E-state index contributed by atoms with van der Waals surface area (Å²) < 4.78 is 12.5. The van der Waals surface area contributed by atoms with Crippen LogP contribution in [0.2, 0.25) is 0 Å². The maximum absolute atomic E-state index is 12.5. The number of nitrogens with one attached hydrogen (secondary N) is 1. The Morgan fingerprint density at radius 3 is 2.15 bits per heavy atom. The third kappa shape index (κ3) is 4.85. The smallest absolute Gasteiger partial charge is 0.664 e. The molecule has 0 saturated carbocycles. The van der Waals surface area contributed by atoms with Crippen molar-refractivity contribution in [2.24, 2.45) is 5.73 Å². The molecule has 0 saturated heterocycles. The zero-order valence-corrected chi connectivity index (χ0v) is 10.7. The maximum atomic E-state index is 12.5. The van der Waals surface area contributed by atoms with Crippen molar-refractivity contribution in [3.05, 3.63) is 41.9 Å². The predicted octanol–water partition coefficient (Wildman–Crippen LogP) is -1.51. The van der Waals surface area contributed by atoms with Gasteiger partial charge in [0.2, 0.25) is 0 Å². The van der Waals surface area contributed by atoms with Crippen LogP contribution in [0.5, 0.6) is 0 Å². The van der Waals surface area contributed by atoms with Crippen molar-refractivity contribution in [3.63, 3.8) is 0 Å². The molecule has 0 aromatic carbocycles. The Hall–Kier alpha value is 0.216. The molecule has 5 heteroatoms. The van der Waals surface area contributed by atoms with Crippen LogP contribution in [0.15, 0.2) is 36.2 Å². The van der Waals surface area contributed by atoms with Gasteiger partial charge in [-0.05, 0) is 0 Å². The zero-order valence-electron chi connectivity index (χ0n) is 7.56. The van der Waals surface area contributed by atoms with Gasteiger partial charge in [-0.1, -0.05) is 19.2 Å². The van der Waals surface area contributed by atoms with Gasteiger partial charge in [0.25, 0.3) is 0 Å². The van der Waals surface area contributed by atoms with E-state index in [1.807, 2.05) is 0 Å². The molecule has 0 aliphatic heterocycles. The quantitative estimate of drug-likeness (QED) is 0.347. The maximum Gasteiger partial charge on any atom is 1.00 e. The molecule has 13 heavy (non-hydrogen) atoms. The standard InChI is InChI=1S/C8H11FN2O.K/c1-3-6(8(11)12)7(4-10)5(2)9;/h3H,1-2,4,10H2,(H2,11,12);/q;+1/p-1/b7-6+;. The van der Waals surface area contributed by atoms with Crippen LogP contribution in [0.4, 0.5) is 4.39 Å². The molecule has 3 N–H and O–H groups in total. The van der Waals surface area contributed by atoms with Gasteiger partial charge in [0.15, 0.2) is 0 Å². The number of amides is 1. The minimum absolute atomic E-state index is 0. The summed E-state index contributed by atoms with van der Waals surface area (Å²) in [5.41, 5.74) is 11.7. The normalized spacial score (nSPS) is 10.9. The summed E-state index contributed by atoms with van der Waals surface area (Å²) in [6.07, 6.45) is 1.10. The average Bonchev–Trinajstić information content (AvgIpc) is 1.98. The van der Waals surface area contributed by atoms with E-state index in [9.17, 15) is 9.18 Å². The van der Waals surface area contributed by atoms with E-state index < -0.39 is 11.7 Å². The van der Waals surface area contributed by atoms with E-state index in [2.05, 4.69) is 13.2 Å². The fourth-order valence-electron chi connectivity index (χ4n) is 0.720. The molecule has 0 radical (unpaired) electrons. The van der Waals surface area contributed by atoms with Crippen LogP contribution in [-0.2, 0) is 4.79 Å². The summed E-state index contributed by atoms with van der Waals surface area (Å²) in [6.45, 7) is 6.10. The zero-order chi connectivity index (χ0) is 9.72. The first-order valence-electron chi connectivity index (χ1n) is 3.21. The van der Waals surface area contributed by atoms with Gasteiger partial charge in [-0.2, -0.15) is 0 Å². The van der Waals surface area contributed by atoms with E-state index in [1.165, 1.54) is 0 Å². The van der Waals surface area contributed by atoms with Crippen molar-refractivity contribution < 1.29 is 60.6 Å². The largest absolute Gasteiger partial charge is 1.00 e. The Kier molecular flexibility index (Phi) is 9.17. The predicted molar refractivity (Wildman–Crippen MR) is 45.9 cm³/mol. The molecule has 0 bridgehead atoms. The van der Waals surface area contributed by atoms with Crippen LogP contribution in [-0.4, -0.2) is 12.5 Å². The first-order valence-corrected chi connectivity index (χ1v) is 3.21. The number of nitrogens with two attached hydrogens (primary N) is 1. The van der Waals surface area contributed by atoms with Crippen molar-refractivity contribution >= 4 is 5.91 Å². The minimum atomic E-state index is -1.01. The van der Waals surface area contributed by atoms with Gasteiger partial charge in [0, 0.05) is 17.7 Å². The molecular formula is C8H10FKN2O. The van der Waals surface area contributed by atoms with Gasteiger partial charge in [-0.3, -0.25) is 0 Å². The van der Waals surface area contributed by atoms with Crippen molar-refractivity contribution in [1.29, 1.82) is 0 Å². The van der Waals surface area contributed by atoms with E-state index in [0.717, 1.165) is 6.08 Å². The summed E-state index contributed by atoms with van der Waals surface area (Å²) >= 11 is 0. The fourth-order valence-corrected chi connectivity index (χ4v) is 0.720. The number of carbonyl (C=O) groups excluding carboxylic acids is 1. The SMILES string of the molecule is C=C/C(C([NH-])=O)=C(/CN)C(=C)F.[K+]. The second-order valence-corrected chi connectivity index (χ2v) is 2.03. The van der Waals surface area contributed by atoms with E-state index in [1.54, 1.807) is 0 Å². The fraction of sp³-hybridized carbons (Fsp3) is 0.125. The third-order valence-electron chi connectivity index (χ3n) is 1.31. The summed E-state index contributed by atoms with van der Waals surface area (Å²) in [4.78, 5) is 10.6. The van der Waals surface area contributed by atoms with Crippen LogP contribution in [0, 0.1) is 0 Å². The Balaban J connectivity index is 0. The number of halogens is 1. The monoisotopic (exact) mass is 208 g/mol. The van der Waals surface area contributed by atoms with E-state index in [-0.39, 0.29) is 69.1 Å². The van der Waals surface area contributed by atoms with E-state index in [4.69, 9.17) is 11.5 Å². The Morgan fingerprint density at radius 2 is 2.08 bits per heavy atom. The molecule has 3 nitrogen and oxygen atoms in total. The Bertz CT molecular complexity index is 261. The molecule has 66 valence electrons. The number of hydrogen-bond acceptors (Lipinski definition) is 2. The van der Waals surface area contributed by atoms with Gasteiger partial charge in [0.1, 0.15) is 5.83 Å². The number of rotatable bonds is 4. The van der Waals surface area contributed by atoms with Gasteiger partial charge >= 0.3 is 51.4 Å². The summed E-state index contributed by atoms with van der Waals surface area (Å²) in [6, 6.07) is 0. The molecule has 0 aromatic rings. The van der Waals surface area contributed by atoms with Crippen molar-refractivity contribution in [2.75, 3.05) is 6.54 Å². The van der Waals surface area contributed by atoms with Crippen LogP contribution in [0.25, 0.3) is 5.73 Å². The van der Waals surface area contributed by atoms with Crippen molar-refractivity contribution in [2.45, 2.75) is 0 Å². The Labute approximate surface area is 119 Å². The molecule has 0 aromatic heterocycles. The second kappa shape index (κ2) is 7.60. The van der Waals surface area contributed by atoms with Crippen molar-refractivity contribution in [1.82, 2.24) is 0 Å². The molecular weight excluding hydrogens is 198 g/mol. The summed E-state index contributed by atoms with van der Waals surface area (Å²) in [5.74, 6) is -1.81. The van der Waals surface area contributed by atoms with E-state index >= 15 is 0 Å². The van der Waals surface area contributed by atoms with E-state index in [0.29, 0.717) is 0 Å². The first kappa shape index (κ1) is 15.7. The topological polar surface area (TPSA) is 66.9 Å².